The van der Waals surface area contributed by atoms with Crippen molar-refractivity contribution >= 4 is 55.4 Å². The van der Waals surface area contributed by atoms with E-state index in [2.05, 4.69) is 15.5 Å². The summed E-state index contributed by atoms with van der Waals surface area (Å²) in [6.45, 7) is 0. The van der Waals surface area contributed by atoms with Gasteiger partial charge in [0, 0.05) is 11.8 Å². The number of rotatable bonds is 7. The smallest absolute Gasteiger partial charge is 0.280 e. The van der Waals surface area contributed by atoms with Crippen LogP contribution in [0.3, 0.4) is 0 Å². The van der Waals surface area contributed by atoms with Crippen molar-refractivity contribution in [2.75, 3.05) is 11.6 Å². The lowest BCUT2D eigenvalue weighted by Crippen LogP contribution is -2.25. The number of carbonyl (C=O) groups is 2. The van der Waals surface area contributed by atoms with Gasteiger partial charge in [-0.2, -0.15) is 0 Å². The molecule has 3 rings (SSSR count). The number of benzene rings is 1. The van der Waals surface area contributed by atoms with E-state index in [-0.39, 0.29) is 37.3 Å². The van der Waals surface area contributed by atoms with Gasteiger partial charge in [0.05, 0.1) is 16.1 Å². The predicted octanol–water partition coefficient (Wildman–Crippen LogP) is 2.60. The molecule has 3 N–H and O–H groups in total. The fraction of sp³-hybridized carbons (Fsp3) is 0.333. The quantitative estimate of drug-likeness (QED) is 0.470. The van der Waals surface area contributed by atoms with Crippen LogP contribution in [0.1, 0.15) is 40.9 Å². The molecular formula is C18H19ClN4O5S2. The van der Waals surface area contributed by atoms with Gasteiger partial charge < -0.3 is 10.6 Å². The molecule has 12 heteroatoms. The second-order valence-electron chi connectivity index (χ2n) is 6.72. The zero-order chi connectivity index (χ0) is 21.9. The van der Waals surface area contributed by atoms with Gasteiger partial charge in [-0.05, 0) is 37.8 Å². The second kappa shape index (κ2) is 9.11. The Kier molecular flexibility index (Phi) is 6.74. The molecule has 0 radical (unpaired) electrons. The lowest BCUT2D eigenvalue weighted by Gasteiger charge is -2.11. The number of hydrogen-bond acceptors (Lipinski definition) is 8. The number of amides is 2. The molecule has 1 heterocycles. The number of sulfone groups is 1. The second-order valence-corrected chi connectivity index (χ2v) is 10.1. The predicted molar refractivity (Wildman–Crippen MR) is 114 cm³/mol. The third-order valence-electron chi connectivity index (χ3n) is 4.38. The maximum atomic E-state index is 12.9. The number of carbonyl (C=O) groups excluding carboxylic acids is 2. The van der Waals surface area contributed by atoms with Gasteiger partial charge in [-0.25, -0.2) is 13.4 Å². The molecule has 0 spiro atoms. The van der Waals surface area contributed by atoms with Crippen LogP contribution in [0.5, 0.6) is 0 Å². The first kappa shape index (κ1) is 22.2. The van der Waals surface area contributed by atoms with E-state index in [9.17, 15) is 18.0 Å². The lowest BCUT2D eigenvalue weighted by atomic mass is 10.1. The normalized spacial score (nSPS) is 15.2. The van der Waals surface area contributed by atoms with Gasteiger partial charge in [-0.3, -0.25) is 14.9 Å². The zero-order valence-corrected chi connectivity index (χ0v) is 18.3. The summed E-state index contributed by atoms with van der Waals surface area (Å²) in [4.78, 5) is 33.7. The van der Waals surface area contributed by atoms with Crippen LogP contribution in [0.15, 0.2) is 34.4 Å². The molecule has 2 amide bonds. The highest BCUT2D eigenvalue weighted by atomic mass is 35.5. The summed E-state index contributed by atoms with van der Waals surface area (Å²) in [7, 11) is -3.53. The number of oxime groups is 1. The minimum atomic E-state index is -3.53. The Hall–Kier alpha value is -2.50. The fourth-order valence-corrected chi connectivity index (χ4v) is 4.89. The Labute approximate surface area is 182 Å². The van der Waals surface area contributed by atoms with E-state index in [1.807, 2.05) is 0 Å². The first-order valence-corrected chi connectivity index (χ1v) is 12.0. The summed E-state index contributed by atoms with van der Waals surface area (Å²) in [6.07, 6.45) is 5.90. The van der Waals surface area contributed by atoms with Crippen molar-refractivity contribution in [2.24, 2.45) is 10.9 Å². The largest absolute Gasteiger partial charge is 0.392 e. The number of thiazole rings is 1. The summed E-state index contributed by atoms with van der Waals surface area (Å²) in [5.74, 6) is -1.31. The van der Waals surface area contributed by atoms with Crippen LogP contribution in [0.4, 0.5) is 5.13 Å². The van der Waals surface area contributed by atoms with Crippen LogP contribution < -0.4 is 11.1 Å². The van der Waals surface area contributed by atoms with E-state index >= 15 is 0 Å². The Morgan fingerprint density at radius 2 is 2.03 bits per heavy atom. The number of primary amides is 1. The number of aromatic nitrogens is 1. The molecule has 1 aliphatic rings. The summed E-state index contributed by atoms with van der Waals surface area (Å²) >= 11 is 7.04. The highest BCUT2D eigenvalue weighted by Crippen LogP contribution is 2.25. The molecule has 2 aromatic rings. The SMILES string of the molecule is CS(=O)(=O)c1ccc(/C(=N/OC2CCCC2)C(=O)Nc2ncc(C(N)=O)s2)cc1Cl. The van der Waals surface area contributed by atoms with E-state index in [4.69, 9.17) is 22.2 Å². The van der Waals surface area contributed by atoms with Crippen molar-refractivity contribution < 1.29 is 22.8 Å². The topological polar surface area (TPSA) is 141 Å². The number of nitrogens with one attached hydrogen (secondary N) is 1. The zero-order valence-electron chi connectivity index (χ0n) is 15.9. The van der Waals surface area contributed by atoms with E-state index in [1.54, 1.807) is 0 Å². The summed E-state index contributed by atoms with van der Waals surface area (Å²) in [5, 5.41) is 6.69. The molecule has 1 aromatic carbocycles. The summed E-state index contributed by atoms with van der Waals surface area (Å²) < 4.78 is 23.6. The summed E-state index contributed by atoms with van der Waals surface area (Å²) in [5.41, 5.74) is 5.38. The average Bonchev–Trinajstić information content (AvgIpc) is 3.33. The number of halogens is 1. The van der Waals surface area contributed by atoms with Crippen molar-refractivity contribution in [2.45, 2.75) is 36.7 Å². The van der Waals surface area contributed by atoms with Gasteiger partial charge in [0.1, 0.15) is 11.0 Å². The van der Waals surface area contributed by atoms with Crippen LogP contribution in [0, 0.1) is 0 Å². The highest BCUT2D eigenvalue weighted by molar-refractivity contribution is 7.90. The van der Waals surface area contributed by atoms with Crippen molar-refractivity contribution in [3.05, 3.63) is 39.9 Å². The van der Waals surface area contributed by atoms with Gasteiger partial charge >= 0.3 is 0 Å². The van der Waals surface area contributed by atoms with E-state index in [0.29, 0.717) is 0 Å². The van der Waals surface area contributed by atoms with E-state index < -0.39 is 21.7 Å². The number of hydrogen-bond donors (Lipinski definition) is 2. The maximum absolute atomic E-state index is 12.9. The van der Waals surface area contributed by atoms with Crippen LogP contribution in [-0.2, 0) is 19.5 Å². The Balaban J connectivity index is 1.91. The standard InChI is InChI=1S/C18H19ClN4O5S2/c1-30(26,27)14-7-6-10(8-12(14)19)15(23-28-11-4-2-3-5-11)17(25)22-18-21-9-13(29-18)16(20)24/h6-9,11H,2-5H2,1H3,(H2,20,24)(H,21,22,25)/b23-15-. The first-order chi connectivity index (χ1) is 14.1. The Morgan fingerprint density at radius 1 is 1.33 bits per heavy atom. The lowest BCUT2D eigenvalue weighted by molar-refractivity contribution is -0.110. The molecule has 1 saturated carbocycles. The van der Waals surface area contributed by atoms with Gasteiger partial charge in [0.2, 0.25) is 0 Å². The molecule has 30 heavy (non-hydrogen) atoms. The van der Waals surface area contributed by atoms with Gasteiger partial charge in [0.15, 0.2) is 20.7 Å². The molecule has 0 bridgehead atoms. The number of nitrogens with zero attached hydrogens (tertiary/aromatic N) is 2. The van der Waals surface area contributed by atoms with E-state index in [0.717, 1.165) is 43.3 Å². The monoisotopic (exact) mass is 470 g/mol. The molecular weight excluding hydrogens is 452 g/mol. The van der Waals surface area contributed by atoms with Crippen LogP contribution in [0.2, 0.25) is 5.02 Å². The number of nitrogens with two attached hydrogens (primary N) is 1. The Morgan fingerprint density at radius 3 is 2.60 bits per heavy atom. The molecule has 0 atom stereocenters. The third kappa shape index (κ3) is 5.35. The first-order valence-electron chi connectivity index (χ1n) is 8.96. The van der Waals surface area contributed by atoms with Crippen LogP contribution in [-0.4, -0.2) is 43.3 Å². The van der Waals surface area contributed by atoms with Crippen molar-refractivity contribution in [1.82, 2.24) is 4.98 Å². The Bertz CT molecular complexity index is 1110. The molecule has 0 unspecified atom stereocenters. The summed E-state index contributed by atoms with van der Waals surface area (Å²) in [6, 6.07) is 4.07. The van der Waals surface area contributed by atoms with Gasteiger partial charge in [0.25, 0.3) is 11.8 Å². The minimum Gasteiger partial charge on any atom is -0.392 e. The molecule has 1 aliphatic carbocycles. The van der Waals surface area contributed by atoms with Crippen molar-refractivity contribution in [1.29, 1.82) is 0 Å². The van der Waals surface area contributed by atoms with E-state index in [1.165, 1.54) is 24.4 Å². The fourth-order valence-electron chi connectivity index (χ4n) is 2.90. The molecule has 9 nitrogen and oxygen atoms in total. The van der Waals surface area contributed by atoms with Crippen molar-refractivity contribution in [3.63, 3.8) is 0 Å². The van der Waals surface area contributed by atoms with Gasteiger partial charge in [-0.1, -0.05) is 34.2 Å². The molecule has 160 valence electrons. The molecule has 1 fully saturated rings. The molecule has 0 saturated heterocycles. The third-order valence-corrected chi connectivity index (χ3v) is 6.89. The van der Waals surface area contributed by atoms with Gasteiger partial charge in [-0.15, -0.1) is 0 Å². The highest BCUT2D eigenvalue weighted by Gasteiger charge is 2.22. The van der Waals surface area contributed by atoms with Crippen LogP contribution in [0.25, 0.3) is 0 Å². The maximum Gasteiger partial charge on any atom is 0.280 e. The number of anilines is 1. The van der Waals surface area contributed by atoms with Crippen LogP contribution >= 0.6 is 22.9 Å². The average molecular weight is 471 g/mol. The molecule has 0 aliphatic heterocycles. The van der Waals surface area contributed by atoms with Crippen molar-refractivity contribution in [3.8, 4) is 0 Å². The molecule has 1 aromatic heterocycles. The minimum absolute atomic E-state index is 0.0402.